The molecule has 0 aliphatic carbocycles. The first kappa shape index (κ1) is 7.09. The summed E-state index contributed by atoms with van der Waals surface area (Å²) >= 11 is 0. The van der Waals surface area contributed by atoms with Crippen LogP contribution in [0.4, 0.5) is 0 Å². The SMILES string of the molecule is COc1ccc([CH]O)cc1. The summed E-state index contributed by atoms with van der Waals surface area (Å²) in [6.07, 6.45) is 0. The molecule has 0 unspecified atom stereocenters. The molecular formula is C8H9O2. The van der Waals surface area contributed by atoms with E-state index in [4.69, 9.17) is 9.84 Å². The molecule has 2 heteroatoms. The summed E-state index contributed by atoms with van der Waals surface area (Å²) in [5.74, 6) is 0.797. The highest BCUT2D eigenvalue weighted by Crippen LogP contribution is 2.11. The number of benzene rings is 1. The van der Waals surface area contributed by atoms with Gasteiger partial charge in [-0.05, 0) is 17.7 Å². The number of ether oxygens (including phenoxy) is 1. The summed E-state index contributed by atoms with van der Waals surface area (Å²) in [7, 11) is 1.61. The third-order valence-electron chi connectivity index (χ3n) is 1.26. The van der Waals surface area contributed by atoms with Crippen molar-refractivity contribution in [3.63, 3.8) is 0 Å². The second kappa shape index (κ2) is 3.22. The first-order chi connectivity index (χ1) is 4.86. The fourth-order valence-corrected chi connectivity index (χ4v) is 0.690. The largest absolute Gasteiger partial charge is 0.497 e. The molecule has 0 aromatic heterocycles. The minimum atomic E-state index is 0.779. The Labute approximate surface area is 60.1 Å². The Morgan fingerprint density at radius 2 is 1.90 bits per heavy atom. The zero-order chi connectivity index (χ0) is 7.40. The lowest BCUT2D eigenvalue weighted by Crippen LogP contribution is -1.83. The minimum Gasteiger partial charge on any atom is -0.497 e. The maximum absolute atomic E-state index is 8.54. The van der Waals surface area contributed by atoms with Crippen LogP contribution in [0.2, 0.25) is 0 Å². The number of hydrogen-bond acceptors (Lipinski definition) is 2. The second-order valence-corrected chi connectivity index (χ2v) is 1.90. The van der Waals surface area contributed by atoms with Crippen LogP contribution in [0.15, 0.2) is 24.3 Å². The van der Waals surface area contributed by atoms with E-state index in [-0.39, 0.29) is 0 Å². The van der Waals surface area contributed by atoms with E-state index in [2.05, 4.69) is 0 Å². The van der Waals surface area contributed by atoms with Crippen molar-refractivity contribution in [1.29, 1.82) is 0 Å². The Morgan fingerprint density at radius 3 is 2.30 bits per heavy atom. The lowest BCUT2D eigenvalue weighted by molar-refractivity contribution is 0.409. The van der Waals surface area contributed by atoms with E-state index in [9.17, 15) is 0 Å². The topological polar surface area (TPSA) is 29.5 Å². The molecule has 1 N–H and O–H groups in total. The number of aliphatic hydroxyl groups excluding tert-OH is 1. The van der Waals surface area contributed by atoms with E-state index in [1.165, 1.54) is 0 Å². The third kappa shape index (κ3) is 1.48. The summed E-state index contributed by atoms with van der Waals surface area (Å²) in [4.78, 5) is 0. The molecule has 0 spiro atoms. The van der Waals surface area contributed by atoms with Crippen LogP contribution < -0.4 is 4.74 Å². The van der Waals surface area contributed by atoms with Crippen LogP contribution in [0.5, 0.6) is 5.75 Å². The molecule has 2 nitrogen and oxygen atoms in total. The summed E-state index contributed by atoms with van der Waals surface area (Å²) < 4.78 is 4.92. The van der Waals surface area contributed by atoms with Gasteiger partial charge in [0.05, 0.1) is 7.11 Å². The molecule has 1 rings (SSSR count). The lowest BCUT2D eigenvalue weighted by Gasteiger charge is -1.98. The van der Waals surface area contributed by atoms with Crippen LogP contribution in [0, 0.1) is 6.61 Å². The highest BCUT2D eigenvalue weighted by Gasteiger charge is 1.90. The van der Waals surface area contributed by atoms with Crippen LogP contribution in [0.25, 0.3) is 0 Å². The van der Waals surface area contributed by atoms with Crippen LogP contribution >= 0.6 is 0 Å². The van der Waals surface area contributed by atoms with Crippen molar-refractivity contribution in [3.8, 4) is 5.75 Å². The summed E-state index contributed by atoms with van der Waals surface area (Å²) in [5, 5.41) is 8.54. The van der Waals surface area contributed by atoms with Crippen molar-refractivity contribution in [2.24, 2.45) is 0 Å². The third-order valence-corrected chi connectivity index (χ3v) is 1.26. The van der Waals surface area contributed by atoms with E-state index in [1.807, 2.05) is 0 Å². The fourth-order valence-electron chi connectivity index (χ4n) is 0.690. The van der Waals surface area contributed by atoms with Crippen molar-refractivity contribution < 1.29 is 9.84 Å². The molecule has 0 aliphatic rings. The summed E-state index contributed by atoms with van der Waals surface area (Å²) in [6, 6.07) is 7.14. The number of hydrogen-bond donors (Lipinski definition) is 1. The molecule has 0 atom stereocenters. The maximum atomic E-state index is 8.54. The van der Waals surface area contributed by atoms with E-state index in [1.54, 1.807) is 31.4 Å². The number of rotatable bonds is 2. The average molecular weight is 137 g/mol. The van der Waals surface area contributed by atoms with Crippen molar-refractivity contribution in [2.45, 2.75) is 0 Å². The van der Waals surface area contributed by atoms with Gasteiger partial charge in [0.25, 0.3) is 0 Å². The van der Waals surface area contributed by atoms with Crippen molar-refractivity contribution >= 4 is 0 Å². The Hall–Kier alpha value is -1.02. The quantitative estimate of drug-likeness (QED) is 0.670. The highest BCUT2D eigenvalue weighted by atomic mass is 16.5. The predicted molar refractivity (Wildman–Crippen MR) is 38.3 cm³/mol. The fraction of sp³-hybridized carbons (Fsp3) is 0.125. The molecule has 0 saturated carbocycles. The van der Waals surface area contributed by atoms with E-state index >= 15 is 0 Å². The van der Waals surface area contributed by atoms with Gasteiger partial charge >= 0.3 is 0 Å². The lowest BCUT2D eigenvalue weighted by atomic mass is 10.2. The molecule has 53 valence electrons. The maximum Gasteiger partial charge on any atom is 0.118 e. The van der Waals surface area contributed by atoms with Crippen LogP contribution in [0.3, 0.4) is 0 Å². The molecule has 0 amide bonds. The monoisotopic (exact) mass is 137 g/mol. The van der Waals surface area contributed by atoms with Gasteiger partial charge in [0.15, 0.2) is 0 Å². The summed E-state index contributed by atoms with van der Waals surface area (Å²) in [6.45, 7) is 1.06. The highest BCUT2D eigenvalue weighted by molar-refractivity contribution is 5.29. The minimum absolute atomic E-state index is 0.779. The summed E-state index contributed by atoms with van der Waals surface area (Å²) in [5.41, 5.74) is 0.779. The Morgan fingerprint density at radius 1 is 1.30 bits per heavy atom. The van der Waals surface area contributed by atoms with E-state index in [0.29, 0.717) is 0 Å². The first-order valence-electron chi connectivity index (χ1n) is 2.98. The molecule has 1 aromatic carbocycles. The standard InChI is InChI=1S/C8H9O2/c1-10-8-4-2-7(6-9)3-5-8/h2-6,9H,1H3. The zero-order valence-electron chi connectivity index (χ0n) is 5.74. The van der Waals surface area contributed by atoms with Gasteiger partial charge in [-0.1, -0.05) is 12.1 Å². The van der Waals surface area contributed by atoms with Gasteiger partial charge in [0.1, 0.15) is 12.4 Å². The predicted octanol–water partition coefficient (Wildman–Crippen LogP) is 1.58. The average Bonchev–Trinajstić information content (AvgIpc) is 2.05. The van der Waals surface area contributed by atoms with Gasteiger partial charge in [-0.25, -0.2) is 0 Å². The number of aliphatic hydroxyl groups is 1. The number of methoxy groups -OCH3 is 1. The molecule has 0 fully saturated rings. The molecule has 1 aromatic rings. The van der Waals surface area contributed by atoms with Gasteiger partial charge in [0, 0.05) is 0 Å². The molecule has 0 aliphatic heterocycles. The molecule has 10 heavy (non-hydrogen) atoms. The van der Waals surface area contributed by atoms with Crippen molar-refractivity contribution in [3.05, 3.63) is 36.4 Å². The van der Waals surface area contributed by atoms with Gasteiger partial charge < -0.3 is 9.84 Å². The Kier molecular flexibility index (Phi) is 2.29. The van der Waals surface area contributed by atoms with Gasteiger partial charge in [-0.15, -0.1) is 0 Å². The molecule has 0 heterocycles. The zero-order valence-corrected chi connectivity index (χ0v) is 5.74. The van der Waals surface area contributed by atoms with Crippen LogP contribution in [-0.2, 0) is 0 Å². The van der Waals surface area contributed by atoms with Crippen molar-refractivity contribution in [2.75, 3.05) is 7.11 Å². The van der Waals surface area contributed by atoms with Crippen LogP contribution in [0.1, 0.15) is 5.56 Å². The molecule has 0 saturated heterocycles. The smallest absolute Gasteiger partial charge is 0.118 e. The molecule has 1 radical (unpaired) electrons. The first-order valence-corrected chi connectivity index (χ1v) is 2.98. The van der Waals surface area contributed by atoms with Gasteiger partial charge in [-0.2, -0.15) is 0 Å². The van der Waals surface area contributed by atoms with Gasteiger partial charge in [-0.3, -0.25) is 0 Å². The molecular weight excluding hydrogens is 128 g/mol. The van der Waals surface area contributed by atoms with E-state index in [0.717, 1.165) is 17.9 Å². The Balaban J connectivity index is 2.80. The van der Waals surface area contributed by atoms with Crippen molar-refractivity contribution in [1.82, 2.24) is 0 Å². The molecule has 0 bridgehead atoms. The second-order valence-electron chi connectivity index (χ2n) is 1.90. The Bertz CT molecular complexity index is 168. The normalized spacial score (nSPS) is 9.40. The van der Waals surface area contributed by atoms with Crippen LogP contribution in [-0.4, -0.2) is 12.2 Å². The van der Waals surface area contributed by atoms with E-state index < -0.39 is 0 Å². The van der Waals surface area contributed by atoms with Gasteiger partial charge in [0.2, 0.25) is 0 Å².